The van der Waals surface area contributed by atoms with Crippen molar-refractivity contribution in [3.63, 3.8) is 0 Å². The first-order valence-electron chi connectivity index (χ1n) is 6.64. The van der Waals surface area contributed by atoms with Gasteiger partial charge in [0.1, 0.15) is 0 Å². The molecule has 0 bridgehead atoms. The summed E-state index contributed by atoms with van der Waals surface area (Å²) in [4.78, 5) is 14.2. The Balaban J connectivity index is 2.09. The lowest BCUT2D eigenvalue weighted by molar-refractivity contribution is 0.160. The standard InChI is InChI=1S/C14H18Cl2N2O/c1-2-11-5-3-4-8-18(11)14(19)17-13-9-10(15)6-7-12(13)16/h6-7,9,11H,2-5,8H2,1H3,(H,17,19)/t11-/m0/s1. The monoisotopic (exact) mass is 300 g/mol. The summed E-state index contributed by atoms with van der Waals surface area (Å²) in [6.07, 6.45) is 4.32. The van der Waals surface area contributed by atoms with Gasteiger partial charge in [0.05, 0.1) is 10.7 Å². The zero-order valence-corrected chi connectivity index (χ0v) is 12.5. The van der Waals surface area contributed by atoms with Crippen LogP contribution >= 0.6 is 23.2 Å². The van der Waals surface area contributed by atoms with Crippen LogP contribution < -0.4 is 5.32 Å². The zero-order valence-electron chi connectivity index (χ0n) is 11.0. The number of urea groups is 1. The molecule has 5 heteroatoms. The number of carbonyl (C=O) groups is 1. The van der Waals surface area contributed by atoms with E-state index in [1.807, 2.05) is 4.90 Å². The summed E-state index contributed by atoms with van der Waals surface area (Å²) in [5.74, 6) is 0. The molecule has 1 atom stereocenters. The molecule has 0 unspecified atom stereocenters. The van der Waals surface area contributed by atoms with E-state index in [1.54, 1.807) is 18.2 Å². The number of rotatable bonds is 2. The highest BCUT2D eigenvalue weighted by molar-refractivity contribution is 6.35. The molecule has 2 amide bonds. The topological polar surface area (TPSA) is 32.3 Å². The molecule has 0 radical (unpaired) electrons. The Labute approximate surface area is 123 Å². The van der Waals surface area contributed by atoms with E-state index < -0.39 is 0 Å². The predicted molar refractivity (Wildman–Crippen MR) is 80.1 cm³/mol. The lowest BCUT2D eigenvalue weighted by atomic mass is 10.0. The zero-order chi connectivity index (χ0) is 13.8. The van der Waals surface area contributed by atoms with E-state index in [2.05, 4.69) is 12.2 Å². The number of likely N-dealkylation sites (tertiary alicyclic amines) is 1. The Kier molecular flexibility index (Phi) is 4.94. The fourth-order valence-corrected chi connectivity index (χ4v) is 2.81. The molecule has 2 rings (SSSR count). The van der Waals surface area contributed by atoms with Crippen LogP contribution in [0, 0.1) is 0 Å². The van der Waals surface area contributed by atoms with Gasteiger partial charge in [-0.2, -0.15) is 0 Å². The molecular formula is C14H18Cl2N2O. The SMILES string of the molecule is CC[C@H]1CCCCN1C(=O)Nc1cc(Cl)ccc1Cl. The van der Waals surface area contributed by atoms with Crippen molar-refractivity contribution in [2.75, 3.05) is 11.9 Å². The molecule has 19 heavy (non-hydrogen) atoms. The average molecular weight is 301 g/mol. The molecule has 1 heterocycles. The summed E-state index contributed by atoms with van der Waals surface area (Å²) in [5, 5.41) is 3.92. The number of benzene rings is 1. The maximum absolute atomic E-state index is 12.3. The minimum Gasteiger partial charge on any atom is -0.322 e. The molecule has 0 spiro atoms. The second-order valence-corrected chi connectivity index (χ2v) is 5.65. The highest BCUT2D eigenvalue weighted by atomic mass is 35.5. The summed E-state index contributed by atoms with van der Waals surface area (Å²) in [7, 11) is 0. The lowest BCUT2D eigenvalue weighted by Crippen LogP contribution is -2.45. The second kappa shape index (κ2) is 6.49. The molecular weight excluding hydrogens is 283 g/mol. The van der Waals surface area contributed by atoms with E-state index in [1.165, 1.54) is 6.42 Å². The van der Waals surface area contributed by atoms with Crippen LogP contribution in [0.25, 0.3) is 0 Å². The first kappa shape index (κ1) is 14.5. The van der Waals surface area contributed by atoms with Crippen LogP contribution in [0.15, 0.2) is 18.2 Å². The van der Waals surface area contributed by atoms with Crippen molar-refractivity contribution in [2.45, 2.75) is 38.6 Å². The van der Waals surface area contributed by atoms with Crippen LogP contribution in [0.1, 0.15) is 32.6 Å². The van der Waals surface area contributed by atoms with Crippen LogP contribution in [-0.4, -0.2) is 23.5 Å². The number of anilines is 1. The minimum atomic E-state index is -0.0873. The number of nitrogens with one attached hydrogen (secondary N) is 1. The van der Waals surface area contributed by atoms with Gasteiger partial charge < -0.3 is 10.2 Å². The number of halogens is 2. The molecule has 1 saturated heterocycles. The maximum atomic E-state index is 12.3. The number of piperidine rings is 1. The second-order valence-electron chi connectivity index (χ2n) is 4.81. The molecule has 104 valence electrons. The Bertz CT molecular complexity index is 465. The van der Waals surface area contributed by atoms with Crippen molar-refractivity contribution in [2.24, 2.45) is 0 Å². The van der Waals surface area contributed by atoms with Gasteiger partial charge in [0, 0.05) is 17.6 Å². The van der Waals surface area contributed by atoms with Crippen LogP contribution in [0.5, 0.6) is 0 Å². The average Bonchev–Trinajstić information content (AvgIpc) is 2.42. The van der Waals surface area contributed by atoms with Crippen molar-refractivity contribution in [3.05, 3.63) is 28.2 Å². The number of carbonyl (C=O) groups excluding carboxylic acids is 1. The third-order valence-corrected chi connectivity index (χ3v) is 4.09. The summed E-state index contributed by atoms with van der Waals surface area (Å²) in [5.41, 5.74) is 0.569. The summed E-state index contributed by atoms with van der Waals surface area (Å²) in [6.45, 7) is 2.92. The molecule has 1 N–H and O–H groups in total. The van der Waals surface area contributed by atoms with Gasteiger partial charge in [-0.1, -0.05) is 30.1 Å². The number of hydrogen-bond acceptors (Lipinski definition) is 1. The summed E-state index contributed by atoms with van der Waals surface area (Å²) >= 11 is 12.0. The van der Waals surface area contributed by atoms with Gasteiger partial charge >= 0.3 is 6.03 Å². The Morgan fingerprint density at radius 1 is 1.42 bits per heavy atom. The van der Waals surface area contributed by atoms with Crippen molar-refractivity contribution >= 4 is 34.9 Å². The largest absolute Gasteiger partial charge is 0.322 e. The molecule has 0 aliphatic carbocycles. The maximum Gasteiger partial charge on any atom is 0.322 e. The van der Waals surface area contributed by atoms with Gasteiger partial charge in [0.2, 0.25) is 0 Å². The van der Waals surface area contributed by atoms with Gasteiger partial charge in [0.15, 0.2) is 0 Å². The first-order chi connectivity index (χ1) is 9.11. The highest BCUT2D eigenvalue weighted by Gasteiger charge is 2.25. The molecule has 1 aromatic rings. The molecule has 1 aliphatic heterocycles. The van der Waals surface area contributed by atoms with E-state index in [4.69, 9.17) is 23.2 Å². The smallest absolute Gasteiger partial charge is 0.322 e. The summed E-state index contributed by atoms with van der Waals surface area (Å²) < 4.78 is 0. The van der Waals surface area contributed by atoms with Crippen LogP contribution in [0.2, 0.25) is 10.0 Å². The van der Waals surface area contributed by atoms with E-state index >= 15 is 0 Å². The van der Waals surface area contributed by atoms with Crippen LogP contribution in [-0.2, 0) is 0 Å². The van der Waals surface area contributed by atoms with Crippen molar-refractivity contribution in [1.29, 1.82) is 0 Å². The minimum absolute atomic E-state index is 0.0873. The fourth-order valence-electron chi connectivity index (χ4n) is 2.47. The number of hydrogen-bond donors (Lipinski definition) is 1. The van der Waals surface area contributed by atoms with Gasteiger partial charge in [-0.15, -0.1) is 0 Å². The third-order valence-electron chi connectivity index (χ3n) is 3.53. The third kappa shape index (κ3) is 3.54. The molecule has 1 fully saturated rings. The van der Waals surface area contributed by atoms with Gasteiger partial charge in [-0.05, 0) is 43.9 Å². The van der Waals surface area contributed by atoms with E-state index in [-0.39, 0.29) is 6.03 Å². The van der Waals surface area contributed by atoms with Crippen molar-refractivity contribution in [3.8, 4) is 0 Å². The first-order valence-corrected chi connectivity index (χ1v) is 7.40. The van der Waals surface area contributed by atoms with Crippen LogP contribution in [0.3, 0.4) is 0 Å². The molecule has 1 aromatic carbocycles. The van der Waals surface area contributed by atoms with Gasteiger partial charge in [-0.25, -0.2) is 4.79 Å². The Morgan fingerprint density at radius 3 is 2.95 bits per heavy atom. The van der Waals surface area contributed by atoms with Gasteiger partial charge in [-0.3, -0.25) is 0 Å². The number of amides is 2. The van der Waals surface area contributed by atoms with E-state index in [0.717, 1.165) is 25.8 Å². The fraction of sp³-hybridized carbons (Fsp3) is 0.500. The molecule has 1 aliphatic rings. The van der Waals surface area contributed by atoms with E-state index in [9.17, 15) is 4.79 Å². The van der Waals surface area contributed by atoms with Gasteiger partial charge in [0.25, 0.3) is 0 Å². The molecule has 0 aromatic heterocycles. The lowest BCUT2D eigenvalue weighted by Gasteiger charge is -2.35. The van der Waals surface area contributed by atoms with Crippen LogP contribution in [0.4, 0.5) is 10.5 Å². The van der Waals surface area contributed by atoms with Crippen molar-refractivity contribution in [1.82, 2.24) is 4.90 Å². The highest BCUT2D eigenvalue weighted by Crippen LogP contribution is 2.27. The molecule has 0 saturated carbocycles. The normalized spacial score (nSPS) is 19.3. The predicted octanol–water partition coefficient (Wildman–Crippen LogP) is 4.79. The number of nitrogens with zero attached hydrogens (tertiary/aromatic N) is 1. The van der Waals surface area contributed by atoms with Crippen molar-refractivity contribution < 1.29 is 4.79 Å². The molecule has 3 nitrogen and oxygen atoms in total. The Hall–Kier alpha value is -0.930. The quantitative estimate of drug-likeness (QED) is 0.837. The summed E-state index contributed by atoms with van der Waals surface area (Å²) in [6, 6.07) is 5.30. The van der Waals surface area contributed by atoms with E-state index in [0.29, 0.717) is 21.8 Å². The Morgan fingerprint density at radius 2 is 2.21 bits per heavy atom.